The predicted octanol–water partition coefficient (Wildman–Crippen LogP) is 3.03. The number of benzene rings is 1. The molecule has 2 N–H and O–H groups in total. The molecule has 0 saturated carbocycles. The summed E-state index contributed by atoms with van der Waals surface area (Å²) in [6, 6.07) is 8.12. The van der Waals surface area contributed by atoms with E-state index in [4.69, 9.17) is 4.42 Å². The molecule has 0 spiro atoms. The number of halogens is 1. The van der Waals surface area contributed by atoms with Crippen molar-refractivity contribution >= 4 is 29.3 Å². The summed E-state index contributed by atoms with van der Waals surface area (Å²) >= 11 is 0. The summed E-state index contributed by atoms with van der Waals surface area (Å²) in [5.41, 5.74) is 1.92. The molecular formula is C16H21ClN2O2. The highest BCUT2D eigenvalue weighted by Crippen LogP contribution is 2.20. The zero-order valence-corrected chi connectivity index (χ0v) is 13.0. The van der Waals surface area contributed by atoms with Gasteiger partial charge in [-0.15, -0.1) is 12.4 Å². The maximum atomic E-state index is 12.1. The van der Waals surface area contributed by atoms with E-state index in [1.54, 1.807) is 0 Å². The standard InChI is InChI=1S/C16H20N2O2.ClH/c1-11-5-6-14-12(8-11)9-15(20-14)16(19)18-10-13-4-2-3-7-17-13;/h5-6,8-9,13,17H,2-4,7,10H2,1H3,(H,18,19);1H. The third-order valence-corrected chi connectivity index (χ3v) is 3.82. The maximum Gasteiger partial charge on any atom is 0.287 e. The van der Waals surface area contributed by atoms with Gasteiger partial charge in [0.2, 0.25) is 0 Å². The summed E-state index contributed by atoms with van der Waals surface area (Å²) in [6.45, 7) is 3.74. The molecule has 1 unspecified atom stereocenters. The summed E-state index contributed by atoms with van der Waals surface area (Å²) < 4.78 is 5.59. The molecule has 3 rings (SSSR count). The first-order chi connectivity index (χ1) is 9.72. The minimum atomic E-state index is -0.133. The molecule has 0 aliphatic carbocycles. The van der Waals surface area contributed by atoms with E-state index in [0.717, 1.165) is 29.5 Å². The van der Waals surface area contributed by atoms with Crippen LogP contribution in [0.15, 0.2) is 28.7 Å². The number of carbonyl (C=O) groups is 1. The number of fused-ring (bicyclic) bond motifs is 1. The zero-order chi connectivity index (χ0) is 13.9. The van der Waals surface area contributed by atoms with Gasteiger partial charge >= 0.3 is 0 Å². The Kier molecular flexibility index (Phi) is 5.26. The Morgan fingerprint density at radius 1 is 1.38 bits per heavy atom. The van der Waals surface area contributed by atoms with Crippen LogP contribution in [0.1, 0.15) is 35.4 Å². The van der Waals surface area contributed by atoms with E-state index < -0.39 is 0 Å². The molecule has 5 heteroatoms. The van der Waals surface area contributed by atoms with E-state index in [1.165, 1.54) is 12.8 Å². The van der Waals surface area contributed by atoms with Gasteiger partial charge in [-0.2, -0.15) is 0 Å². The van der Waals surface area contributed by atoms with Crippen LogP contribution >= 0.6 is 12.4 Å². The molecule has 4 nitrogen and oxygen atoms in total. The molecule has 1 aromatic carbocycles. The number of rotatable bonds is 3. The topological polar surface area (TPSA) is 54.3 Å². The van der Waals surface area contributed by atoms with E-state index in [-0.39, 0.29) is 18.3 Å². The number of carbonyl (C=O) groups excluding carboxylic acids is 1. The molecule has 1 saturated heterocycles. The Balaban J connectivity index is 0.00000161. The highest BCUT2D eigenvalue weighted by Gasteiger charge is 2.16. The van der Waals surface area contributed by atoms with Crippen LogP contribution in [0.5, 0.6) is 0 Å². The first-order valence-electron chi connectivity index (χ1n) is 7.24. The highest BCUT2D eigenvalue weighted by molar-refractivity contribution is 5.96. The Bertz CT molecular complexity index is 618. The van der Waals surface area contributed by atoms with Crippen molar-refractivity contribution < 1.29 is 9.21 Å². The fourth-order valence-corrected chi connectivity index (χ4v) is 2.68. The van der Waals surface area contributed by atoms with Gasteiger partial charge in [-0.3, -0.25) is 4.79 Å². The van der Waals surface area contributed by atoms with Gasteiger partial charge in [0.1, 0.15) is 5.58 Å². The third kappa shape index (κ3) is 3.77. The number of hydrogen-bond donors (Lipinski definition) is 2. The normalized spacial score (nSPS) is 18.2. The average molecular weight is 309 g/mol. The number of amides is 1. The van der Waals surface area contributed by atoms with Gasteiger partial charge in [-0.1, -0.05) is 18.1 Å². The second-order valence-corrected chi connectivity index (χ2v) is 5.51. The molecule has 1 aliphatic heterocycles. The second kappa shape index (κ2) is 6.96. The lowest BCUT2D eigenvalue weighted by Gasteiger charge is -2.23. The molecule has 1 aliphatic rings. The number of nitrogens with one attached hydrogen (secondary N) is 2. The molecule has 1 amide bonds. The van der Waals surface area contributed by atoms with Gasteiger partial charge in [0, 0.05) is 18.0 Å². The van der Waals surface area contributed by atoms with Gasteiger partial charge in [0.15, 0.2) is 5.76 Å². The molecule has 1 atom stereocenters. The molecule has 1 fully saturated rings. The zero-order valence-electron chi connectivity index (χ0n) is 12.1. The van der Waals surface area contributed by atoms with Crippen LogP contribution in [0.25, 0.3) is 11.0 Å². The monoisotopic (exact) mass is 308 g/mol. The van der Waals surface area contributed by atoms with Crippen LogP contribution in [-0.2, 0) is 0 Å². The van der Waals surface area contributed by atoms with Crippen molar-refractivity contribution in [3.63, 3.8) is 0 Å². The van der Waals surface area contributed by atoms with Crippen molar-refractivity contribution in [3.05, 3.63) is 35.6 Å². The lowest BCUT2D eigenvalue weighted by atomic mass is 10.1. The smallest absolute Gasteiger partial charge is 0.287 e. The minimum Gasteiger partial charge on any atom is -0.451 e. The lowest BCUT2D eigenvalue weighted by Crippen LogP contribution is -2.43. The van der Waals surface area contributed by atoms with Crippen LogP contribution < -0.4 is 10.6 Å². The molecule has 2 aromatic rings. The number of piperidine rings is 1. The SMILES string of the molecule is Cc1ccc2oc(C(=O)NCC3CCCCN3)cc2c1.Cl. The number of hydrogen-bond acceptors (Lipinski definition) is 3. The summed E-state index contributed by atoms with van der Waals surface area (Å²) in [4.78, 5) is 12.1. The maximum absolute atomic E-state index is 12.1. The Morgan fingerprint density at radius 2 is 2.24 bits per heavy atom. The van der Waals surface area contributed by atoms with Crippen molar-refractivity contribution in [2.24, 2.45) is 0 Å². The van der Waals surface area contributed by atoms with Crippen LogP contribution in [0.2, 0.25) is 0 Å². The van der Waals surface area contributed by atoms with Crippen molar-refractivity contribution in [2.75, 3.05) is 13.1 Å². The molecule has 114 valence electrons. The van der Waals surface area contributed by atoms with Crippen LogP contribution in [0.3, 0.4) is 0 Å². The highest BCUT2D eigenvalue weighted by atomic mass is 35.5. The fraction of sp³-hybridized carbons (Fsp3) is 0.438. The molecule has 0 radical (unpaired) electrons. The molecule has 21 heavy (non-hydrogen) atoms. The molecule has 2 heterocycles. The third-order valence-electron chi connectivity index (χ3n) is 3.82. The Hall–Kier alpha value is -1.52. The van der Waals surface area contributed by atoms with E-state index in [2.05, 4.69) is 10.6 Å². The lowest BCUT2D eigenvalue weighted by molar-refractivity contribution is 0.0922. The first kappa shape index (κ1) is 15.9. The predicted molar refractivity (Wildman–Crippen MR) is 86.2 cm³/mol. The Morgan fingerprint density at radius 3 is 3.00 bits per heavy atom. The van der Waals surface area contributed by atoms with E-state index in [0.29, 0.717) is 18.3 Å². The Labute approximate surface area is 130 Å². The fourth-order valence-electron chi connectivity index (χ4n) is 2.68. The van der Waals surface area contributed by atoms with Crippen LogP contribution in [-0.4, -0.2) is 25.0 Å². The summed E-state index contributed by atoms with van der Waals surface area (Å²) in [5.74, 6) is 0.257. The minimum absolute atomic E-state index is 0. The van der Waals surface area contributed by atoms with E-state index in [1.807, 2.05) is 31.2 Å². The largest absolute Gasteiger partial charge is 0.451 e. The quantitative estimate of drug-likeness (QED) is 0.916. The molecule has 0 bridgehead atoms. The average Bonchev–Trinajstić information content (AvgIpc) is 2.89. The van der Waals surface area contributed by atoms with Gasteiger partial charge in [-0.05, 0) is 44.5 Å². The molecular weight excluding hydrogens is 288 g/mol. The van der Waals surface area contributed by atoms with Crippen molar-refractivity contribution in [2.45, 2.75) is 32.2 Å². The summed E-state index contributed by atoms with van der Waals surface area (Å²) in [7, 11) is 0. The van der Waals surface area contributed by atoms with Crippen molar-refractivity contribution in [1.82, 2.24) is 10.6 Å². The molecule has 1 aromatic heterocycles. The first-order valence-corrected chi connectivity index (χ1v) is 7.24. The van der Waals surface area contributed by atoms with Crippen LogP contribution in [0.4, 0.5) is 0 Å². The van der Waals surface area contributed by atoms with E-state index in [9.17, 15) is 4.79 Å². The van der Waals surface area contributed by atoms with Crippen molar-refractivity contribution in [1.29, 1.82) is 0 Å². The van der Waals surface area contributed by atoms with Gasteiger partial charge < -0.3 is 15.1 Å². The number of furan rings is 1. The van der Waals surface area contributed by atoms with Gasteiger partial charge in [-0.25, -0.2) is 0 Å². The van der Waals surface area contributed by atoms with E-state index >= 15 is 0 Å². The van der Waals surface area contributed by atoms with Gasteiger partial charge in [0.25, 0.3) is 5.91 Å². The summed E-state index contributed by atoms with van der Waals surface area (Å²) in [6.07, 6.45) is 3.59. The van der Waals surface area contributed by atoms with Crippen molar-refractivity contribution in [3.8, 4) is 0 Å². The second-order valence-electron chi connectivity index (χ2n) is 5.51. The number of aryl methyl sites for hydroxylation is 1. The summed E-state index contributed by atoms with van der Waals surface area (Å²) in [5, 5.41) is 7.34. The van der Waals surface area contributed by atoms with Crippen LogP contribution in [0, 0.1) is 6.92 Å². The van der Waals surface area contributed by atoms with Gasteiger partial charge in [0.05, 0.1) is 0 Å².